The van der Waals surface area contributed by atoms with Crippen LogP contribution in [-0.2, 0) is 0 Å². The number of hydrogen-bond donors (Lipinski definition) is 2. The second-order valence-corrected chi connectivity index (χ2v) is 6.19. The van der Waals surface area contributed by atoms with E-state index in [1.165, 1.54) is 23.5 Å². The maximum atomic E-state index is 13.2. The van der Waals surface area contributed by atoms with Crippen molar-refractivity contribution in [3.63, 3.8) is 0 Å². The number of H-pyrrole nitrogens is 1. The Balaban J connectivity index is 1.61. The quantitative estimate of drug-likeness (QED) is 0.570. The molecule has 0 bridgehead atoms. The van der Waals surface area contributed by atoms with Gasteiger partial charge in [0, 0.05) is 16.5 Å². The molecule has 4 rings (SSSR count). The summed E-state index contributed by atoms with van der Waals surface area (Å²) < 4.78 is 13.2. The van der Waals surface area contributed by atoms with E-state index in [0.717, 1.165) is 21.5 Å². The Hall–Kier alpha value is -2.99. The summed E-state index contributed by atoms with van der Waals surface area (Å²) in [6.07, 6.45) is 0. The molecule has 2 aromatic carbocycles. The van der Waals surface area contributed by atoms with Crippen molar-refractivity contribution >= 4 is 33.8 Å². The summed E-state index contributed by atoms with van der Waals surface area (Å²) in [6, 6.07) is 15.4. The van der Waals surface area contributed by atoms with Crippen molar-refractivity contribution < 1.29 is 9.18 Å². The fourth-order valence-electron chi connectivity index (χ4n) is 2.50. The maximum absolute atomic E-state index is 13.2. The summed E-state index contributed by atoms with van der Waals surface area (Å²) in [6.45, 7) is 0. The summed E-state index contributed by atoms with van der Waals surface area (Å²) in [4.78, 5) is 13.2. The number of aromatic amines is 1. The van der Waals surface area contributed by atoms with E-state index < -0.39 is 0 Å². The number of nitrogens with zero attached hydrogens (tertiary/aromatic N) is 1. The zero-order valence-electron chi connectivity index (χ0n) is 12.4. The van der Waals surface area contributed by atoms with Crippen LogP contribution in [0, 0.1) is 5.82 Å². The molecule has 24 heavy (non-hydrogen) atoms. The van der Waals surface area contributed by atoms with Crippen molar-refractivity contribution in [2.24, 2.45) is 0 Å². The molecule has 4 nitrogen and oxygen atoms in total. The average Bonchev–Trinajstić information content (AvgIpc) is 3.21. The lowest BCUT2D eigenvalue weighted by Gasteiger charge is -2.03. The predicted molar refractivity (Wildman–Crippen MR) is 93.8 cm³/mol. The van der Waals surface area contributed by atoms with Crippen molar-refractivity contribution in [1.82, 2.24) is 10.2 Å². The average molecular weight is 337 g/mol. The van der Waals surface area contributed by atoms with Gasteiger partial charge in [-0.3, -0.25) is 9.89 Å². The molecule has 4 aromatic rings. The minimum absolute atomic E-state index is 0.275. The van der Waals surface area contributed by atoms with E-state index in [4.69, 9.17) is 0 Å². The lowest BCUT2D eigenvalue weighted by atomic mass is 10.1. The van der Waals surface area contributed by atoms with Crippen molar-refractivity contribution in [2.75, 3.05) is 5.32 Å². The maximum Gasteiger partial charge on any atom is 0.256 e. The Kier molecular flexibility index (Phi) is 3.59. The van der Waals surface area contributed by atoms with Crippen molar-refractivity contribution in [3.8, 4) is 10.6 Å². The van der Waals surface area contributed by atoms with Crippen LogP contribution < -0.4 is 5.32 Å². The molecular formula is C18H12FN3OS. The van der Waals surface area contributed by atoms with Crippen molar-refractivity contribution in [1.29, 1.82) is 0 Å². The number of aromatic nitrogens is 2. The van der Waals surface area contributed by atoms with Crippen LogP contribution >= 0.6 is 11.3 Å². The van der Waals surface area contributed by atoms with Gasteiger partial charge in [-0.15, -0.1) is 11.3 Å². The fraction of sp³-hybridized carbons (Fsp3) is 0. The number of carbonyl (C=O) groups excluding carboxylic acids is 1. The van der Waals surface area contributed by atoms with Crippen LogP contribution in [0.2, 0.25) is 0 Å². The Morgan fingerprint density at radius 3 is 2.88 bits per heavy atom. The number of fused-ring (bicyclic) bond motifs is 1. The fourth-order valence-corrected chi connectivity index (χ4v) is 3.39. The lowest BCUT2D eigenvalue weighted by Crippen LogP contribution is -2.10. The van der Waals surface area contributed by atoms with Gasteiger partial charge in [-0.25, -0.2) is 4.39 Å². The molecule has 2 aromatic heterocycles. The van der Waals surface area contributed by atoms with E-state index in [9.17, 15) is 9.18 Å². The molecule has 118 valence electrons. The Labute approximate surface area is 141 Å². The molecule has 0 aliphatic rings. The normalized spacial score (nSPS) is 10.9. The van der Waals surface area contributed by atoms with Crippen LogP contribution in [0.25, 0.3) is 21.5 Å². The number of thiophene rings is 1. The molecule has 6 heteroatoms. The number of para-hydroxylation sites is 1. The predicted octanol–water partition coefficient (Wildman–Crippen LogP) is 4.68. The zero-order valence-corrected chi connectivity index (χ0v) is 13.2. The summed E-state index contributed by atoms with van der Waals surface area (Å²) in [5.41, 5.74) is 2.72. The van der Waals surface area contributed by atoms with Crippen LogP contribution in [0.1, 0.15) is 10.4 Å². The third kappa shape index (κ3) is 2.68. The lowest BCUT2D eigenvalue weighted by molar-refractivity contribution is 0.102. The molecule has 1 amide bonds. The highest BCUT2D eigenvalue weighted by molar-refractivity contribution is 7.14. The Bertz CT molecular complexity index is 1040. The second kappa shape index (κ2) is 5.90. The minimum atomic E-state index is -0.387. The van der Waals surface area contributed by atoms with E-state index in [-0.39, 0.29) is 11.7 Å². The van der Waals surface area contributed by atoms with Crippen LogP contribution in [0.15, 0.2) is 60.0 Å². The standard InChI is InChI=1S/C18H12FN3OS/c19-12-4-3-5-13(9-12)20-18(23)11-8-16(24-10-11)17-14-6-1-2-7-15(14)21-22-17/h1-10H,(H,20,23)(H,21,22). The van der Waals surface area contributed by atoms with E-state index >= 15 is 0 Å². The van der Waals surface area contributed by atoms with Gasteiger partial charge in [0.2, 0.25) is 0 Å². The number of hydrogen-bond acceptors (Lipinski definition) is 3. The van der Waals surface area contributed by atoms with Gasteiger partial charge in [0.05, 0.1) is 16.0 Å². The van der Waals surface area contributed by atoms with Gasteiger partial charge in [-0.1, -0.05) is 24.3 Å². The van der Waals surface area contributed by atoms with E-state index in [0.29, 0.717) is 11.3 Å². The molecule has 0 saturated carbocycles. The summed E-state index contributed by atoms with van der Waals surface area (Å²) in [7, 11) is 0. The molecule has 0 atom stereocenters. The van der Waals surface area contributed by atoms with Crippen LogP contribution in [0.5, 0.6) is 0 Å². The minimum Gasteiger partial charge on any atom is -0.322 e. The number of anilines is 1. The Morgan fingerprint density at radius 1 is 1.12 bits per heavy atom. The van der Waals surface area contributed by atoms with Crippen LogP contribution in [-0.4, -0.2) is 16.1 Å². The van der Waals surface area contributed by atoms with Gasteiger partial charge in [-0.05, 0) is 30.3 Å². The number of halogens is 1. The number of rotatable bonds is 3. The highest BCUT2D eigenvalue weighted by Gasteiger charge is 2.14. The van der Waals surface area contributed by atoms with E-state index in [2.05, 4.69) is 15.5 Å². The molecular weight excluding hydrogens is 325 g/mol. The topological polar surface area (TPSA) is 57.8 Å². The zero-order chi connectivity index (χ0) is 16.5. The first kappa shape index (κ1) is 14.6. The molecule has 0 spiro atoms. The monoisotopic (exact) mass is 337 g/mol. The van der Waals surface area contributed by atoms with Gasteiger partial charge >= 0.3 is 0 Å². The van der Waals surface area contributed by atoms with Crippen LogP contribution in [0.4, 0.5) is 10.1 Å². The number of nitrogens with one attached hydrogen (secondary N) is 2. The SMILES string of the molecule is O=C(Nc1cccc(F)c1)c1csc(-c2n[nH]c3ccccc23)c1. The van der Waals surface area contributed by atoms with Gasteiger partial charge in [0.25, 0.3) is 5.91 Å². The van der Waals surface area contributed by atoms with Gasteiger partial charge in [0.1, 0.15) is 11.5 Å². The smallest absolute Gasteiger partial charge is 0.256 e. The van der Waals surface area contributed by atoms with Crippen LogP contribution in [0.3, 0.4) is 0 Å². The molecule has 0 aliphatic heterocycles. The van der Waals surface area contributed by atoms with Gasteiger partial charge in [0.15, 0.2) is 0 Å². The third-order valence-corrected chi connectivity index (χ3v) is 4.58. The Morgan fingerprint density at radius 2 is 2.00 bits per heavy atom. The molecule has 0 unspecified atom stereocenters. The summed E-state index contributed by atoms with van der Waals surface area (Å²) in [5, 5.41) is 12.8. The second-order valence-electron chi connectivity index (χ2n) is 5.28. The largest absolute Gasteiger partial charge is 0.322 e. The third-order valence-electron chi connectivity index (χ3n) is 3.65. The molecule has 0 aliphatic carbocycles. The summed E-state index contributed by atoms with van der Waals surface area (Å²) in [5.74, 6) is -0.662. The van der Waals surface area contributed by atoms with E-state index in [1.54, 1.807) is 23.6 Å². The molecule has 2 heterocycles. The number of carbonyl (C=O) groups is 1. The first-order valence-electron chi connectivity index (χ1n) is 7.29. The van der Waals surface area contributed by atoms with E-state index in [1.807, 2.05) is 24.3 Å². The molecule has 2 N–H and O–H groups in total. The van der Waals surface area contributed by atoms with Crippen molar-refractivity contribution in [2.45, 2.75) is 0 Å². The first-order chi connectivity index (χ1) is 11.7. The van der Waals surface area contributed by atoms with Gasteiger partial charge < -0.3 is 5.32 Å². The molecule has 0 radical (unpaired) electrons. The van der Waals surface area contributed by atoms with Crippen molar-refractivity contribution in [3.05, 3.63) is 71.4 Å². The number of amides is 1. The highest BCUT2D eigenvalue weighted by Crippen LogP contribution is 2.31. The van der Waals surface area contributed by atoms with Gasteiger partial charge in [-0.2, -0.15) is 5.10 Å². The highest BCUT2D eigenvalue weighted by atomic mass is 32.1. The molecule has 0 fully saturated rings. The molecule has 0 saturated heterocycles. The first-order valence-corrected chi connectivity index (χ1v) is 8.17. The number of benzene rings is 2. The summed E-state index contributed by atoms with van der Waals surface area (Å²) >= 11 is 1.45.